The van der Waals surface area contributed by atoms with E-state index in [9.17, 15) is 4.79 Å². The van der Waals surface area contributed by atoms with Crippen LogP contribution in [0.1, 0.15) is 17.5 Å². The van der Waals surface area contributed by atoms with Gasteiger partial charge >= 0.3 is 0 Å². The van der Waals surface area contributed by atoms with Crippen molar-refractivity contribution in [2.75, 3.05) is 7.11 Å². The molecule has 4 heteroatoms. The average molecular weight is 297 g/mol. The van der Waals surface area contributed by atoms with Crippen molar-refractivity contribution in [2.45, 2.75) is 19.3 Å². The largest absolute Gasteiger partial charge is 0.497 e. The van der Waals surface area contributed by atoms with E-state index in [1.807, 2.05) is 24.3 Å². The Labute approximate surface area is 129 Å². The summed E-state index contributed by atoms with van der Waals surface area (Å²) < 4.78 is 5.27. The fourth-order valence-electron chi connectivity index (χ4n) is 3.05. The van der Waals surface area contributed by atoms with Gasteiger partial charge in [-0.15, -0.1) is 0 Å². The first kappa shape index (κ1) is 14.6. The minimum absolute atomic E-state index is 0.155. The third-order valence-corrected chi connectivity index (χ3v) is 4.32. The molecule has 4 nitrogen and oxygen atoms in total. The van der Waals surface area contributed by atoms with E-state index >= 15 is 0 Å². The number of carbonyl (C=O) groups excluding carboxylic acids is 1. The summed E-state index contributed by atoms with van der Waals surface area (Å²) >= 11 is 0. The van der Waals surface area contributed by atoms with Crippen LogP contribution in [0.25, 0.3) is 11.1 Å². The molecular weight excluding hydrogens is 278 g/mol. The number of methoxy groups -OCH3 is 1. The Balaban J connectivity index is 1.91. The van der Waals surface area contributed by atoms with Crippen molar-refractivity contribution in [3.05, 3.63) is 53.6 Å². The number of carbonyl (C=O) groups is 1. The van der Waals surface area contributed by atoms with Gasteiger partial charge in [-0.3, -0.25) is 10.0 Å². The Kier molecular flexibility index (Phi) is 4.11. The number of aryl methyl sites for hydroxylation is 1. The normalized spacial score (nSPS) is 16.7. The number of benzene rings is 2. The zero-order chi connectivity index (χ0) is 15.5. The quantitative estimate of drug-likeness (QED) is 0.676. The van der Waals surface area contributed by atoms with Crippen LogP contribution in [0, 0.1) is 5.92 Å². The number of nitrogens with one attached hydrogen (secondary N) is 1. The Bertz CT molecular complexity index is 696. The number of rotatable bonds is 3. The predicted octanol–water partition coefficient (Wildman–Crippen LogP) is 2.97. The summed E-state index contributed by atoms with van der Waals surface area (Å²) in [6.45, 7) is 0. The summed E-state index contributed by atoms with van der Waals surface area (Å²) in [6, 6.07) is 14.3. The highest BCUT2D eigenvalue weighted by Gasteiger charge is 2.24. The molecule has 0 aliphatic heterocycles. The van der Waals surface area contributed by atoms with Crippen LogP contribution in [0.5, 0.6) is 5.75 Å². The molecule has 2 aromatic carbocycles. The van der Waals surface area contributed by atoms with Gasteiger partial charge in [0, 0.05) is 5.92 Å². The molecule has 2 aromatic rings. The molecule has 0 bridgehead atoms. The van der Waals surface area contributed by atoms with E-state index in [0.29, 0.717) is 6.42 Å². The van der Waals surface area contributed by atoms with Gasteiger partial charge in [-0.2, -0.15) is 0 Å². The lowest BCUT2D eigenvalue weighted by molar-refractivity contribution is -0.133. The summed E-state index contributed by atoms with van der Waals surface area (Å²) in [4.78, 5) is 11.6. The van der Waals surface area contributed by atoms with Gasteiger partial charge < -0.3 is 4.74 Å². The van der Waals surface area contributed by atoms with Crippen LogP contribution in [0.15, 0.2) is 42.5 Å². The molecule has 1 amide bonds. The second kappa shape index (κ2) is 6.20. The highest BCUT2D eigenvalue weighted by Crippen LogP contribution is 2.31. The van der Waals surface area contributed by atoms with Crippen LogP contribution < -0.4 is 10.2 Å². The molecule has 2 N–H and O–H groups in total. The van der Waals surface area contributed by atoms with Crippen LogP contribution >= 0.6 is 0 Å². The fourth-order valence-corrected chi connectivity index (χ4v) is 3.05. The SMILES string of the molecule is COc1cccc(-c2ccc3c(c2)CC(C(=O)NO)CC3)c1. The maximum atomic E-state index is 11.6. The number of hydrogen-bond donors (Lipinski definition) is 2. The van der Waals surface area contributed by atoms with Gasteiger partial charge in [0.05, 0.1) is 7.11 Å². The summed E-state index contributed by atoms with van der Waals surface area (Å²) in [5.74, 6) is 0.378. The first-order chi connectivity index (χ1) is 10.7. The molecule has 0 radical (unpaired) electrons. The predicted molar refractivity (Wildman–Crippen MR) is 83.9 cm³/mol. The van der Waals surface area contributed by atoms with Gasteiger partial charge in [0.25, 0.3) is 0 Å². The molecular formula is C18H19NO3. The third kappa shape index (κ3) is 2.83. The van der Waals surface area contributed by atoms with Crippen molar-refractivity contribution in [3.8, 4) is 16.9 Å². The zero-order valence-corrected chi connectivity index (χ0v) is 12.5. The number of fused-ring (bicyclic) bond motifs is 1. The Morgan fingerprint density at radius 2 is 2.00 bits per heavy atom. The van der Waals surface area contributed by atoms with E-state index in [-0.39, 0.29) is 11.8 Å². The van der Waals surface area contributed by atoms with E-state index in [0.717, 1.165) is 29.7 Å². The monoisotopic (exact) mass is 297 g/mol. The van der Waals surface area contributed by atoms with Gasteiger partial charge in [0.15, 0.2) is 0 Å². The molecule has 1 aliphatic rings. The van der Waals surface area contributed by atoms with E-state index in [1.54, 1.807) is 12.6 Å². The van der Waals surface area contributed by atoms with Crippen LogP contribution in [-0.4, -0.2) is 18.2 Å². The van der Waals surface area contributed by atoms with Gasteiger partial charge in [0.2, 0.25) is 5.91 Å². The Morgan fingerprint density at radius 3 is 2.77 bits per heavy atom. The average Bonchev–Trinajstić information content (AvgIpc) is 2.60. The molecule has 114 valence electrons. The molecule has 0 aromatic heterocycles. The van der Waals surface area contributed by atoms with Crippen LogP contribution in [0.2, 0.25) is 0 Å². The fraction of sp³-hybridized carbons (Fsp3) is 0.278. The van der Waals surface area contributed by atoms with Crippen molar-refractivity contribution >= 4 is 5.91 Å². The van der Waals surface area contributed by atoms with Crippen molar-refractivity contribution < 1.29 is 14.7 Å². The molecule has 0 fully saturated rings. The van der Waals surface area contributed by atoms with Gasteiger partial charge in [-0.05, 0) is 53.6 Å². The highest BCUT2D eigenvalue weighted by atomic mass is 16.5. The third-order valence-electron chi connectivity index (χ3n) is 4.32. The first-order valence-electron chi connectivity index (χ1n) is 7.41. The van der Waals surface area contributed by atoms with Crippen LogP contribution in [0.3, 0.4) is 0 Å². The molecule has 3 rings (SSSR count). The lowest BCUT2D eigenvalue weighted by Gasteiger charge is -2.23. The van der Waals surface area contributed by atoms with E-state index in [1.165, 1.54) is 11.1 Å². The first-order valence-corrected chi connectivity index (χ1v) is 7.41. The highest BCUT2D eigenvalue weighted by molar-refractivity contribution is 5.78. The van der Waals surface area contributed by atoms with Gasteiger partial charge in [-0.25, -0.2) is 5.48 Å². The topological polar surface area (TPSA) is 58.6 Å². The Morgan fingerprint density at radius 1 is 1.18 bits per heavy atom. The molecule has 0 saturated heterocycles. The zero-order valence-electron chi connectivity index (χ0n) is 12.5. The van der Waals surface area contributed by atoms with Gasteiger partial charge in [-0.1, -0.05) is 30.3 Å². The summed E-state index contributed by atoms with van der Waals surface area (Å²) in [7, 11) is 1.66. The van der Waals surface area contributed by atoms with Crippen molar-refractivity contribution in [1.82, 2.24) is 5.48 Å². The lowest BCUT2D eigenvalue weighted by Crippen LogP contribution is -2.31. The molecule has 0 heterocycles. The second-order valence-electron chi connectivity index (χ2n) is 5.63. The molecule has 1 atom stereocenters. The van der Waals surface area contributed by atoms with Gasteiger partial charge in [0.1, 0.15) is 5.75 Å². The molecule has 0 saturated carbocycles. The van der Waals surface area contributed by atoms with E-state index in [2.05, 4.69) is 18.2 Å². The minimum Gasteiger partial charge on any atom is -0.497 e. The van der Waals surface area contributed by atoms with E-state index in [4.69, 9.17) is 9.94 Å². The maximum absolute atomic E-state index is 11.6. The molecule has 1 unspecified atom stereocenters. The Hall–Kier alpha value is -2.33. The standard InChI is InChI=1S/C18H19NO3/c1-22-17-4-2-3-13(11-17)14-7-5-12-6-8-15(18(20)19-21)10-16(12)9-14/h2-5,7,9,11,15,21H,6,8,10H2,1H3,(H,19,20). The molecule has 22 heavy (non-hydrogen) atoms. The summed E-state index contributed by atoms with van der Waals surface area (Å²) in [5.41, 5.74) is 6.44. The van der Waals surface area contributed by atoms with Crippen LogP contribution in [-0.2, 0) is 17.6 Å². The number of ether oxygens (including phenoxy) is 1. The van der Waals surface area contributed by atoms with Crippen molar-refractivity contribution in [3.63, 3.8) is 0 Å². The van der Waals surface area contributed by atoms with Crippen LogP contribution in [0.4, 0.5) is 0 Å². The van der Waals surface area contributed by atoms with Crippen molar-refractivity contribution in [2.24, 2.45) is 5.92 Å². The molecule has 0 spiro atoms. The van der Waals surface area contributed by atoms with Crippen molar-refractivity contribution in [1.29, 1.82) is 0 Å². The minimum atomic E-state index is -0.294. The van der Waals surface area contributed by atoms with E-state index < -0.39 is 0 Å². The number of hydrogen-bond acceptors (Lipinski definition) is 3. The number of hydroxylamine groups is 1. The molecule has 1 aliphatic carbocycles. The number of amides is 1. The summed E-state index contributed by atoms with van der Waals surface area (Å²) in [6.07, 6.45) is 2.31. The lowest BCUT2D eigenvalue weighted by atomic mass is 9.82. The summed E-state index contributed by atoms with van der Waals surface area (Å²) in [5, 5.41) is 8.81. The maximum Gasteiger partial charge on any atom is 0.246 e. The smallest absolute Gasteiger partial charge is 0.246 e. The second-order valence-corrected chi connectivity index (χ2v) is 5.63.